The first-order valence-electron chi connectivity index (χ1n) is 7.78. The third-order valence-electron chi connectivity index (χ3n) is 3.51. The lowest BCUT2D eigenvalue weighted by molar-refractivity contribution is -0.129. The first kappa shape index (κ1) is 19.8. The summed E-state index contributed by atoms with van der Waals surface area (Å²) in [5.74, 6) is 0.925. The number of hydrogen-bond donors (Lipinski definition) is 1. The van der Waals surface area contributed by atoms with Crippen LogP contribution in [0.2, 0.25) is 0 Å². The molecular weight excluding hydrogens is 312 g/mol. The monoisotopic (exact) mass is 338 g/mol. The largest absolute Gasteiger partial charge is 0.497 e. The van der Waals surface area contributed by atoms with E-state index >= 15 is 0 Å². The molecule has 0 aromatic heterocycles. The van der Waals surface area contributed by atoms with Crippen molar-refractivity contribution in [1.82, 2.24) is 4.90 Å². The number of nitrogens with one attached hydrogen (secondary N) is 1. The van der Waals surface area contributed by atoms with Gasteiger partial charge in [-0.05, 0) is 18.6 Å². The summed E-state index contributed by atoms with van der Waals surface area (Å²) < 4.78 is 15.3. The van der Waals surface area contributed by atoms with Crippen molar-refractivity contribution in [3.63, 3.8) is 0 Å². The van der Waals surface area contributed by atoms with Crippen LogP contribution >= 0.6 is 0 Å². The summed E-state index contributed by atoms with van der Waals surface area (Å²) in [5.41, 5.74) is 0.567. The Kier molecular flexibility index (Phi) is 8.64. The number of methoxy groups -OCH3 is 3. The third kappa shape index (κ3) is 6.45. The van der Waals surface area contributed by atoms with E-state index in [-0.39, 0.29) is 18.2 Å². The SMILES string of the molecule is COCCCN(CCC(=O)Nc1ccc(OC)cc1OC)C(C)=O. The molecule has 7 heteroatoms. The van der Waals surface area contributed by atoms with E-state index in [0.29, 0.717) is 36.9 Å². The first-order chi connectivity index (χ1) is 11.5. The predicted molar refractivity (Wildman–Crippen MR) is 91.5 cm³/mol. The molecule has 1 rings (SSSR count). The summed E-state index contributed by atoms with van der Waals surface area (Å²) in [7, 11) is 4.71. The number of rotatable bonds is 10. The fraction of sp³-hybridized carbons (Fsp3) is 0.529. The summed E-state index contributed by atoms with van der Waals surface area (Å²) in [6, 6.07) is 5.16. The van der Waals surface area contributed by atoms with Gasteiger partial charge in [-0.15, -0.1) is 0 Å². The third-order valence-corrected chi connectivity index (χ3v) is 3.51. The van der Waals surface area contributed by atoms with Crippen molar-refractivity contribution in [2.24, 2.45) is 0 Å². The molecule has 0 unspecified atom stereocenters. The van der Waals surface area contributed by atoms with Crippen LogP contribution in [0.1, 0.15) is 19.8 Å². The van der Waals surface area contributed by atoms with Gasteiger partial charge in [-0.1, -0.05) is 0 Å². The van der Waals surface area contributed by atoms with Gasteiger partial charge in [0.05, 0.1) is 19.9 Å². The van der Waals surface area contributed by atoms with Crippen molar-refractivity contribution >= 4 is 17.5 Å². The molecule has 1 N–H and O–H groups in total. The topological polar surface area (TPSA) is 77.1 Å². The summed E-state index contributed by atoms with van der Waals surface area (Å²) in [6.07, 6.45) is 0.950. The lowest BCUT2D eigenvalue weighted by Gasteiger charge is -2.20. The predicted octanol–water partition coefficient (Wildman–Crippen LogP) is 1.92. The number of carbonyl (C=O) groups is 2. The van der Waals surface area contributed by atoms with Crippen LogP contribution in [-0.2, 0) is 14.3 Å². The summed E-state index contributed by atoms with van der Waals surface area (Å²) in [6.45, 7) is 3.02. The number of benzene rings is 1. The Morgan fingerprint density at radius 1 is 1.12 bits per heavy atom. The second kappa shape index (κ2) is 10.5. The molecule has 0 aliphatic carbocycles. The van der Waals surface area contributed by atoms with Gasteiger partial charge >= 0.3 is 0 Å². The molecule has 24 heavy (non-hydrogen) atoms. The van der Waals surface area contributed by atoms with Gasteiger partial charge in [0.25, 0.3) is 0 Å². The zero-order valence-electron chi connectivity index (χ0n) is 14.8. The van der Waals surface area contributed by atoms with Gasteiger partial charge in [-0.25, -0.2) is 0 Å². The molecule has 0 aliphatic heterocycles. The Morgan fingerprint density at radius 3 is 2.46 bits per heavy atom. The molecule has 0 atom stereocenters. The molecule has 134 valence electrons. The highest BCUT2D eigenvalue weighted by Crippen LogP contribution is 2.29. The quantitative estimate of drug-likeness (QED) is 0.660. The van der Waals surface area contributed by atoms with E-state index < -0.39 is 0 Å². The second-order valence-corrected chi connectivity index (χ2v) is 5.22. The zero-order chi connectivity index (χ0) is 17.9. The van der Waals surface area contributed by atoms with Gasteiger partial charge < -0.3 is 24.4 Å². The van der Waals surface area contributed by atoms with Crippen molar-refractivity contribution in [1.29, 1.82) is 0 Å². The van der Waals surface area contributed by atoms with Crippen LogP contribution in [0.15, 0.2) is 18.2 Å². The second-order valence-electron chi connectivity index (χ2n) is 5.22. The highest BCUT2D eigenvalue weighted by atomic mass is 16.5. The molecule has 1 aromatic carbocycles. The molecule has 0 heterocycles. The Hall–Kier alpha value is -2.28. The number of carbonyl (C=O) groups excluding carboxylic acids is 2. The van der Waals surface area contributed by atoms with E-state index in [1.807, 2.05) is 0 Å². The maximum absolute atomic E-state index is 12.1. The zero-order valence-corrected chi connectivity index (χ0v) is 14.8. The first-order valence-corrected chi connectivity index (χ1v) is 7.78. The van der Waals surface area contributed by atoms with Gasteiger partial charge in [0.15, 0.2) is 0 Å². The molecule has 0 aliphatic rings. The van der Waals surface area contributed by atoms with Crippen LogP contribution in [-0.4, -0.2) is 57.7 Å². The molecule has 0 fully saturated rings. The van der Waals surface area contributed by atoms with Crippen LogP contribution in [0, 0.1) is 0 Å². The van der Waals surface area contributed by atoms with Gasteiger partial charge in [0.2, 0.25) is 11.8 Å². The normalized spacial score (nSPS) is 10.2. The average molecular weight is 338 g/mol. The Labute approximate surface area is 142 Å². The maximum Gasteiger partial charge on any atom is 0.226 e. The molecule has 1 aromatic rings. The van der Waals surface area contributed by atoms with E-state index in [2.05, 4.69) is 5.32 Å². The van der Waals surface area contributed by atoms with Crippen LogP contribution in [0.25, 0.3) is 0 Å². The van der Waals surface area contributed by atoms with Crippen LogP contribution in [0.3, 0.4) is 0 Å². The standard InChI is InChI=1S/C17H26N2O5/c1-13(20)19(9-5-11-22-2)10-8-17(21)18-15-7-6-14(23-3)12-16(15)24-4/h6-7,12H,5,8-11H2,1-4H3,(H,18,21). The van der Waals surface area contributed by atoms with E-state index in [1.165, 1.54) is 14.0 Å². The average Bonchev–Trinajstić information content (AvgIpc) is 2.57. The van der Waals surface area contributed by atoms with E-state index in [4.69, 9.17) is 14.2 Å². The van der Waals surface area contributed by atoms with Crippen molar-refractivity contribution in [3.05, 3.63) is 18.2 Å². The molecule has 0 bridgehead atoms. The molecule has 0 spiro atoms. The fourth-order valence-electron chi connectivity index (χ4n) is 2.18. The minimum atomic E-state index is -0.184. The Balaban J connectivity index is 2.57. The van der Waals surface area contributed by atoms with E-state index in [1.54, 1.807) is 37.3 Å². The van der Waals surface area contributed by atoms with Crippen LogP contribution in [0.5, 0.6) is 11.5 Å². The Bertz CT molecular complexity index is 548. The molecule has 2 amide bonds. The van der Waals surface area contributed by atoms with Gasteiger partial charge in [0, 0.05) is 46.2 Å². The number of ether oxygens (including phenoxy) is 3. The highest BCUT2D eigenvalue weighted by Gasteiger charge is 2.13. The Morgan fingerprint density at radius 2 is 1.88 bits per heavy atom. The smallest absolute Gasteiger partial charge is 0.226 e. The van der Waals surface area contributed by atoms with Gasteiger partial charge in [0.1, 0.15) is 11.5 Å². The fourth-order valence-corrected chi connectivity index (χ4v) is 2.18. The number of amides is 2. The minimum Gasteiger partial charge on any atom is -0.497 e. The highest BCUT2D eigenvalue weighted by molar-refractivity contribution is 5.92. The summed E-state index contributed by atoms with van der Waals surface area (Å²) >= 11 is 0. The van der Waals surface area contributed by atoms with Crippen molar-refractivity contribution in [2.45, 2.75) is 19.8 Å². The summed E-state index contributed by atoms with van der Waals surface area (Å²) in [4.78, 5) is 25.4. The van der Waals surface area contributed by atoms with Gasteiger partial charge in [-0.3, -0.25) is 9.59 Å². The van der Waals surface area contributed by atoms with E-state index in [0.717, 1.165) is 6.42 Å². The number of hydrogen-bond acceptors (Lipinski definition) is 5. The van der Waals surface area contributed by atoms with Crippen LogP contribution < -0.4 is 14.8 Å². The maximum atomic E-state index is 12.1. The molecule has 7 nitrogen and oxygen atoms in total. The minimum absolute atomic E-state index is 0.0547. The van der Waals surface area contributed by atoms with Crippen molar-refractivity contribution < 1.29 is 23.8 Å². The molecule has 0 saturated carbocycles. The lowest BCUT2D eigenvalue weighted by Crippen LogP contribution is -2.33. The van der Waals surface area contributed by atoms with Crippen molar-refractivity contribution in [3.8, 4) is 11.5 Å². The number of anilines is 1. The summed E-state index contributed by atoms with van der Waals surface area (Å²) in [5, 5.41) is 2.79. The van der Waals surface area contributed by atoms with Gasteiger partial charge in [-0.2, -0.15) is 0 Å². The lowest BCUT2D eigenvalue weighted by atomic mass is 10.2. The van der Waals surface area contributed by atoms with Crippen LogP contribution in [0.4, 0.5) is 5.69 Å². The molecular formula is C17H26N2O5. The van der Waals surface area contributed by atoms with Crippen molar-refractivity contribution in [2.75, 3.05) is 46.3 Å². The number of nitrogens with zero attached hydrogens (tertiary/aromatic N) is 1. The molecule has 0 saturated heterocycles. The van der Waals surface area contributed by atoms with E-state index in [9.17, 15) is 9.59 Å². The molecule has 0 radical (unpaired) electrons.